The fourth-order valence-electron chi connectivity index (χ4n) is 3.73. The number of para-hydroxylation sites is 1. The predicted octanol–water partition coefficient (Wildman–Crippen LogP) is 4.26. The van der Waals surface area contributed by atoms with Gasteiger partial charge in [-0.25, -0.2) is 4.79 Å². The number of imide groups is 1. The molecule has 136 valence electrons. The van der Waals surface area contributed by atoms with E-state index in [4.69, 9.17) is 27.9 Å². The number of hydrogen-bond donors (Lipinski definition) is 1. The van der Waals surface area contributed by atoms with Crippen LogP contribution in [0.4, 0.5) is 4.79 Å². The molecular formula is C18H22Cl2N2O3. The summed E-state index contributed by atoms with van der Waals surface area (Å²) in [5.41, 5.74) is -0.806. The number of nitrogens with zero attached hydrogens (tertiary/aromatic N) is 1. The van der Waals surface area contributed by atoms with E-state index in [9.17, 15) is 9.59 Å². The van der Waals surface area contributed by atoms with Crippen molar-refractivity contribution in [3.8, 4) is 5.75 Å². The lowest BCUT2D eigenvalue weighted by atomic mass is 9.75. The number of ether oxygens (including phenoxy) is 1. The molecule has 2 fully saturated rings. The smallest absolute Gasteiger partial charge is 0.325 e. The number of nitrogens with one attached hydrogen (secondary N) is 1. The summed E-state index contributed by atoms with van der Waals surface area (Å²) in [6.07, 6.45) is 5.37. The van der Waals surface area contributed by atoms with E-state index in [0.717, 1.165) is 25.7 Å². The molecule has 0 bridgehead atoms. The van der Waals surface area contributed by atoms with Gasteiger partial charge in [0.15, 0.2) is 5.75 Å². The number of amides is 3. The normalized spacial score (nSPS) is 24.5. The Bertz CT molecular complexity index is 656. The molecule has 1 aromatic carbocycles. The fourth-order valence-corrected chi connectivity index (χ4v) is 4.24. The van der Waals surface area contributed by atoms with Crippen LogP contribution in [-0.2, 0) is 4.79 Å². The van der Waals surface area contributed by atoms with Gasteiger partial charge in [-0.15, -0.1) is 0 Å². The highest BCUT2D eigenvalue weighted by atomic mass is 35.5. The van der Waals surface area contributed by atoms with Crippen LogP contribution in [0.5, 0.6) is 5.75 Å². The van der Waals surface area contributed by atoms with Crippen LogP contribution >= 0.6 is 23.2 Å². The van der Waals surface area contributed by atoms with Gasteiger partial charge in [-0.05, 0) is 37.8 Å². The van der Waals surface area contributed by atoms with Gasteiger partial charge in [0.05, 0.1) is 16.6 Å². The average Bonchev–Trinajstić information content (AvgIpc) is 2.82. The van der Waals surface area contributed by atoms with E-state index in [1.807, 2.05) is 6.92 Å². The quantitative estimate of drug-likeness (QED) is 0.771. The molecule has 1 heterocycles. The number of halogens is 2. The highest BCUT2D eigenvalue weighted by molar-refractivity contribution is 6.37. The van der Waals surface area contributed by atoms with Gasteiger partial charge in [-0.1, -0.05) is 48.5 Å². The van der Waals surface area contributed by atoms with E-state index in [1.165, 1.54) is 11.3 Å². The van der Waals surface area contributed by atoms with Crippen LogP contribution in [0.1, 0.15) is 39.0 Å². The third-order valence-electron chi connectivity index (χ3n) is 5.20. The van der Waals surface area contributed by atoms with Gasteiger partial charge in [0, 0.05) is 0 Å². The number of benzene rings is 1. The van der Waals surface area contributed by atoms with E-state index >= 15 is 0 Å². The maximum atomic E-state index is 12.8. The van der Waals surface area contributed by atoms with E-state index < -0.39 is 5.54 Å². The van der Waals surface area contributed by atoms with Gasteiger partial charge in [-0.3, -0.25) is 9.69 Å². The number of carbonyl (C=O) groups is 2. The molecular weight excluding hydrogens is 363 g/mol. The summed E-state index contributed by atoms with van der Waals surface area (Å²) in [6, 6.07) is 4.73. The maximum absolute atomic E-state index is 12.8. The van der Waals surface area contributed by atoms with Crippen LogP contribution in [0.3, 0.4) is 0 Å². The van der Waals surface area contributed by atoms with Crippen LogP contribution in [0.15, 0.2) is 18.2 Å². The second-order valence-electron chi connectivity index (χ2n) is 6.82. The molecule has 1 N–H and O–H groups in total. The van der Waals surface area contributed by atoms with Gasteiger partial charge in [-0.2, -0.15) is 0 Å². The van der Waals surface area contributed by atoms with Crippen molar-refractivity contribution in [2.24, 2.45) is 5.92 Å². The summed E-state index contributed by atoms with van der Waals surface area (Å²) < 4.78 is 5.60. The monoisotopic (exact) mass is 384 g/mol. The minimum atomic E-state index is -0.806. The van der Waals surface area contributed by atoms with Gasteiger partial charge in [0.2, 0.25) is 0 Å². The molecule has 1 saturated carbocycles. The first-order valence-electron chi connectivity index (χ1n) is 8.64. The third kappa shape index (κ3) is 3.58. The molecule has 5 nitrogen and oxygen atoms in total. The first kappa shape index (κ1) is 18.3. The zero-order chi connectivity index (χ0) is 18.0. The van der Waals surface area contributed by atoms with Crippen molar-refractivity contribution in [2.75, 3.05) is 13.2 Å². The lowest BCUT2D eigenvalue weighted by Crippen LogP contribution is -2.51. The molecule has 0 radical (unpaired) electrons. The molecule has 7 heteroatoms. The third-order valence-corrected chi connectivity index (χ3v) is 5.80. The molecule has 3 amide bonds. The Morgan fingerprint density at radius 3 is 2.48 bits per heavy atom. The number of urea groups is 1. The lowest BCUT2D eigenvalue weighted by molar-refractivity contribution is -0.133. The minimum Gasteiger partial charge on any atom is -0.489 e. The molecule has 0 unspecified atom stereocenters. The Morgan fingerprint density at radius 1 is 1.20 bits per heavy atom. The summed E-state index contributed by atoms with van der Waals surface area (Å²) in [5.74, 6) is 0.396. The Labute approximate surface area is 157 Å². The van der Waals surface area contributed by atoms with Crippen molar-refractivity contribution in [2.45, 2.75) is 44.6 Å². The van der Waals surface area contributed by atoms with Crippen LogP contribution in [0.25, 0.3) is 0 Å². The van der Waals surface area contributed by atoms with Crippen LogP contribution in [0.2, 0.25) is 10.0 Å². The van der Waals surface area contributed by atoms with Crippen molar-refractivity contribution in [3.63, 3.8) is 0 Å². The molecule has 1 aromatic rings. The fraction of sp³-hybridized carbons (Fsp3) is 0.556. The van der Waals surface area contributed by atoms with E-state index in [-0.39, 0.29) is 31.0 Å². The van der Waals surface area contributed by atoms with E-state index in [0.29, 0.717) is 15.8 Å². The maximum Gasteiger partial charge on any atom is 0.325 e. The molecule has 2 aliphatic rings. The van der Waals surface area contributed by atoms with Gasteiger partial charge in [0.1, 0.15) is 12.1 Å². The summed E-state index contributed by atoms with van der Waals surface area (Å²) >= 11 is 12.1. The standard InChI is InChI=1S/C18H22Cl2N2O3/c1-18(12-6-3-2-4-7-12)16(23)22(17(24)21-18)10-11-25-15-13(19)8-5-9-14(15)20/h5,8-9,12H,2-4,6-7,10-11H2,1H3,(H,21,24)/t18-/m1/s1. The van der Waals surface area contributed by atoms with Gasteiger partial charge >= 0.3 is 6.03 Å². The second kappa shape index (κ2) is 7.42. The minimum absolute atomic E-state index is 0.142. The highest BCUT2D eigenvalue weighted by Crippen LogP contribution is 2.36. The Morgan fingerprint density at radius 2 is 1.84 bits per heavy atom. The molecule has 1 atom stereocenters. The van der Waals surface area contributed by atoms with E-state index in [2.05, 4.69) is 5.32 Å². The zero-order valence-electron chi connectivity index (χ0n) is 14.2. The molecule has 0 aromatic heterocycles. The van der Waals surface area contributed by atoms with Crippen LogP contribution in [0, 0.1) is 5.92 Å². The SMILES string of the molecule is C[C@]1(C2CCCCC2)NC(=O)N(CCOc2c(Cl)cccc2Cl)C1=O. The topological polar surface area (TPSA) is 58.6 Å². The second-order valence-corrected chi connectivity index (χ2v) is 7.64. The van der Waals surface area contributed by atoms with Crippen LogP contribution < -0.4 is 10.1 Å². The largest absolute Gasteiger partial charge is 0.489 e. The van der Waals surface area contributed by atoms with Crippen molar-refractivity contribution in [1.29, 1.82) is 0 Å². The Kier molecular flexibility index (Phi) is 5.44. The summed E-state index contributed by atoms with van der Waals surface area (Å²) in [7, 11) is 0. The van der Waals surface area contributed by atoms with Crippen molar-refractivity contribution >= 4 is 35.1 Å². The summed E-state index contributed by atoms with van der Waals surface area (Å²) in [5, 5.41) is 3.70. The van der Waals surface area contributed by atoms with Crippen molar-refractivity contribution in [1.82, 2.24) is 10.2 Å². The van der Waals surface area contributed by atoms with Crippen molar-refractivity contribution in [3.05, 3.63) is 28.2 Å². The summed E-state index contributed by atoms with van der Waals surface area (Å²) in [6.45, 7) is 2.15. The Balaban J connectivity index is 1.63. The lowest BCUT2D eigenvalue weighted by Gasteiger charge is -2.34. The number of rotatable bonds is 5. The molecule has 1 aliphatic heterocycles. The molecule has 25 heavy (non-hydrogen) atoms. The van der Waals surface area contributed by atoms with Crippen molar-refractivity contribution < 1.29 is 14.3 Å². The highest BCUT2D eigenvalue weighted by Gasteiger charge is 2.52. The van der Waals surface area contributed by atoms with Gasteiger partial charge < -0.3 is 10.1 Å². The van der Waals surface area contributed by atoms with Gasteiger partial charge in [0.25, 0.3) is 5.91 Å². The molecule has 3 rings (SSSR count). The molecule has 1 aliphatic carbocycles. The average molecular weight is 385 g/mol. The molecule has 1 saturated heterocycles. The predicted molar refractivity (Wildman–Crippen MR) is 97.2 cm³/mol. The van der Waals surface area contributed by atoms with E-state index in [1.54, 1.807) is 18.2 Å². The Hall–Kier alpha value is -1.46. The summed E-state index contributed by atoms with van der Waals surface area (Å²) in [4.78, 5) is 26.4. The first-order valence-corrected chi connectivity index (χ1v) is 9.40. The first-order chi connectivity index (χ1) is 11.9. The number of hydrogen-bond acceptors (Lipinski definition) is 3. The zero-order valence-corrected chi connectivity index (χ0v) is 15.7. The van der Waals surface area contributed by atoms with Crippen LogP contribution in [-0.4, -0.2) is 35.5 Å². The molecule has 0 spiro atoms. The number of carbonyl (C=O) groups excluding carboxylic acids is 2.